The Labute approximate surface area is 262 Å². The molecular weight excluding hydrogens is 606 g/mol. The number of hydrogen-bond donors (Lipinski definition) is 2. The van der Waals surface area contributed by atoms with Crippen molar-refractivity contribution >= 4 is 45.7 Å². The third-order valence-corrected chi connectivity index (χ3v) is 9.28. The van der Waals surface area contributed by atoms with Crippen molar-refractivity contribution in [1.82, 2.24) is 15.4 Å². The molecule has 15 heteroatoms. The molecule has 1 atom stereocenters. The fourth-order valence-corrected chi connectivity index (χ4v) is 7.08. The zero-order chi connectivity index (χ0) is 31.8. The molecule has 13 nitrogen and oxygen atoms in total. The Morgan fingerprint density at radius 2 is 1.89 bits per heavy atom. The number of carbonyl (C=O) groups is 2. The summed E-state index contributed by atoms with van der Waals surface area (Å²) in [5.74, 6) is 1.15. The number of nitriles is 1. The van der Waals surface area contributed by atoms with Crippen molar-refractivity contribution in [2.75, 3.05) is 37.3 Å². The minimum Gasteiger partial charge on any atom is -0.496 e. The molecule has 1 aromatic carbocycles. The Kier molecular flexibility index (Phi) is 8.57. The number of nitrogens with zero attached hydrogens (tertiary/aromatic N) is 5. The lowest BCUT2D eigenvalue weighted by Crippen LogP contribution is -2.42. The van der Waals surface area contributed by atoms with E-state index in [2.05, 4.69) is 26.7 Å². The van der Waals surface area contributed by atoms with Crippen molar-refractivity contribution in [2.45, 2.75) is 43.9 Å². The number of amides is 1. The second kappa shape index (κ2) is 12.2. The maximum atomic E-state index is 13.9. The van der Waals surface area contributed by atoms with Crippen molar-refractivity contribution < 1.29 is 28.3 Å². The number of aromatic nitrogens is 3. The van der Waals surface area contributed by atoms with Crippen LogP contribution in [0.5, 0.6) is 17.2 Å². The van der Waals surface area contributed by atoms with Crippen LogP contribution in [0.15, 0.2) is 49.7 Å². The highest BCUT2D eigenvalue weighted by molar-refractivity contribution is 8.01. The summed E-state index contributed by atoms with van der Waals surface area (Å²) in [6.07, 6.45) is 0.767. The lowest BCUT2D eigenvalue weighted by Gasteiger charge is -2.42. The van der Waals surface area contributed by atoms with Crippen LogP contribution in [0, 0.1) is 23.7 Å². The molecule has 1 amide bonds. The number of carbonyl (C=O) groups excluding carboxylic acids is 2. The Morgan fingerprint density at radius 3 is 2.52 bits per heavy atom. The molecule has 1 aliphatic carbocycles. The lowest BCUT2D eigenvalue weighted by atomic mass is 9.68. The average Bonchev–Trinajstić information content (AvgIpc) is 3.62. The summed E-state index contributed by atoms with van der Waals surface area (Å²) in [7, 11) is 4.53. The van der Waals surface area contributed by atoms with Crippen LogP contribution in [0.1, 0.15) is 43.9 Å². The molecule has 1 aliphatic heterocycles. The van der Waals surface area contributed by atoms with E-state index < -0.39 is 5.92 Å². The molecule has 5 rings (SSSR count). The van der Waals surface area contributed by atoms with E-state index in [0.717, 1.165) is 0 Å². The van der Waals surface area contributed by atoms with Gasteiger partial charge in [-0.25, -0.2) is 0 Å². The fraction of sp³-hybridized carbons (Fsp3) is 0.379. The molecule has 2 aromatic heterocycles. The second-order valence-corrected chi connectivity index (χ2v) is 13.1. The predicted octanol–water partition coefficient (Wildman–Crippen LogP) is 4.53. The summed E-state index contributed by atoms with van der Waals surface area (Å²) in [6.45, 7) is 5.75. The first-order valence-corrected chi connectivity index (χ1v) is 15.3. The SMILES string of the molecule is COc1cc(OC)c(C2C(C#N)=C(N)N(c3nnc(SCC(=O)Nc4cc(C)on4)s3)C3=C2C(=O)CC(C)(C)C3)cc1OC. The van der Waals surface area contributed by atoms with Crippen LogP contribution in [0.2, 0.25) is 0 Å². The topological polar surface area (TPSA) is 179 Å². The van der Waals surface area contributed by atoms with Gasteiger partial charge in [-0.2, -0.15) is 5.26 Å². The first kappa shape index (κ1) is 30.9. The largest absolute Gasteiger partial charge is 0.496 e. The summed E-state index contributed by atoms with van der Waals surface area (Å²) in [6, 6.07) is 7.24. The third kappa shape index (κ3) is 5.82. The van der Waals surface area contributed by atoms with Gasteiger partial charge in [-0.1, -0.05) is 42.1 Å². The van der Waals surface area contributed by atoms with Gasteiger partial charge in [0, 0.05) is 35.4 Å². The third-order valence-electron chi connectivity index (χ3n) is 7.24. The number of benzene rings is 1. The molecule has 2 aliphatic rings. The minimum atomic E-state index is -0.810. The number of anilines is 2. The minimum absolute atomic E-state index is 0.0515. The number of nitrogens with one attached hydrogen (secondary N) is 1. The second-order valence-electron chi connectivity index (χ2n) is 10.9. The Bertz CT molecular complexity index is 1740. The van der Waals surface area contributed by atoms with Gasteiger partial charge >= 0.3 is 0 Å². The molecule has 0 fully saturated rings. The molecule has 3 N–H and O–H groups in total. The van der Waals surface area contributed by atoms with Crippen molar-refractivity contribution in [2.24, 2.45) is 11.1 Å². The van der Waals surface area contributed by atoms with E-state index in [1.807, 2.05) is 13.8 Å². The zero-order valence-corrected chi connectivity index (χ0v) is 26.6. The average molecular weight is 638 g/mol. The highest BCUT2D eigenvalue weighted by Crippen LogP contribution is 2.53. The number of allylic oxidation sites excluding steroid dienone is 3. The van der Waals surface area contributed by atoms with E-state index in [1.54, 1.807) is 30.0 Å². The molecule has 3 aromatic rings. The van der Waals surface area contributed by atoms with Crippen LogP contribution in [-0.2, 0) is 9.59 Å². The molecule has 230 valence electrons. The highest BCUT2D eigenvalue weighted by atomic mass is 32.2. The number of rotatable bonds is 9. The van der Waals surface area contributed by atoms with Gasteiger partial charge in [-0.15, -0.1) is 10.2 Å². The van der Waals surface area contributed by atoms with Crippen LogP contribution in [0.25, 0.3) is 0 Å². The van der Waals surface area contributed by atoms with Gasteiger partial charge in [0.05, 0.1) is 44.6 Å². The van der Waals surface area contributed by atoms with Gasteiger partial charge in [0.1, 0.15) is 17.3 Å². The van der Waals surface area contributed by atoms with Crippen molar-refractivity contribution in [3.8, 4) is 23.3 Å². The van der Waals surface area contributed by atoms with E-state index >= 15 is 0 Å². The molecule has 0 radical (unpaired) electrons. The summed E-state index contributed by atoms with van der Waals surface area (Å²) < 4.78 is 22.2. The van der Waals surface area contributed by atoms with E-state index in [-0.39, 0.29) is 40.7 Å². The molecule has 0 bridgehead atoms. The smallest absolute Gasteiger partial charge is 0.236 e. The molecule has 1 unspecified atom stereocenters. The highest BCUT2D eigenvalue weighted by Gasteiger charge is 2.46. The molecule has 3 heterocycles. The van der Waals surface area contributed by atoms with Crippen LogP contribution < -0.4 is 30.2 Å². The van der Waals surface area contributed by atoms with Crippen molar-refractivity contribution in [1.29, 1.82) is 5.26 Å². The van der Waals surface area contributed by atoms with Crippen molar-refractivity contribution in [3.63, 3.8) is 0 Å². The van der Waals surface area contributed by atoms with Crippen LogP contribution in [-0.4, -0.2) is 54.1 Å². The normalized spacial score (nSPS) is 17.7. The van der Waals surface area contributed by atoms with E-state index in [9.17, 15) is 14.9 Å². The standard InChI is InChI=1S/C29H31N7O6S2/c1-14-7-22(35-42-14)32-23(38)13-43-28-34-33-27(44-28)36-17-10-29(2,3)11-18(37)25(17)24(16(12-30)26(36)31)15-8-20(40-5)21(41-6)9-19(15)39-4/h7-9,24H,10-11,13,31H2,1-6H3,(H,32,35,38). The van der Waals surface area contributed by atoms with Crippen LogP contribution in [0.4, 0.5) is 10.9 Å². The number of ketones is 1. The number of nitrogens with two attached hydrogens (primary N) is 1. The van der Waals surface area contributed by atoms with Gasteiger partial charge in [0.15, 0.2) is 27.4 Å². The summed E-state index contributed by atoms with van der Waals surface area (Å²) in [5.41, 5.74) is 8.16. The monoisotopic (exact) mass is 637 g/mol. The Hall–Kier alpha value is -4.55. The fourth-order valence-electron chi connectivity index (χ4n) is 5.40. The van der Waals surface area contributed by atoms with E-state index in [4.69, 9.17) is 24.5 Å². The number of Topliss-reactive ketones (excluding diaryl/α,β-unsaturated/α-hetero) is 1. The van der Waals surface area contributed by atoms with Gasteiger partial charge in [0.2, 0.25) is 11.0 Å². The maximum absolute atomic E-state index is 13.9. The Balaban J connectivity index is 1.55. The molecular formula is C29H31N7O6S2. The first-order chi connectivity index (χ1) is 21.0. The summed E-state index contributed by atoms with van der Waals surface area (Å²) in [4.78, 5) is 28.0. The summed E-state index contributed by atoms with van der Waals surface area (Å²) in [5, 5.41) is 25.9. The number of methoxy groups -OCH3 is 3. The van der Waals surface area contributed by atoms with Gasteiger partial charge in [-0.3, -0.25) is 14.5 Å². The van der Waals surface area contributed by atoms with Gasteiger partial charge < -0.3 is 29.8 Å². The number of hydrogen-bond acceptors (Lipinski definition) is 14. The number of ether oxygens (including phenoxy) is 3. The number of aryl methyl sites for hydroxylation is 1. The Morgan fingerprint density at radius 1 is 1.18 bits per heavy atom. The van der Waals surface area contributed by atoms with E-state index in [1.165, 1.54) is 44.4 Å². The predicted molar refractivity (Wildman–Crippen MR) is 164 cm³/mol. The number of thioether (sulfide) groups is 1. The molecule has 0 saturated heterocycles. The molecule has 0 spiro atoms. The van der Waals surface area contributed by atoms with Crippen LogP contribution in [0.3, 0.4) is 0 Å². The lowest BCUT2D eigenvalue weighted by molar-refractivity contribution is -0.118. The van der Waals surface area contributed by atoms with Gasteiger partial charge in [-0.05, 0) is 24.8 Å². The molecule has 44 heavy (non-hydrogen) atoms. The van der Waals surface area contributed by atoms with Crippen LogP contribution >= 0.6 is 23.1 Å². The quantitative estimate of drug-likeness (QED) is 0.313. The molecule has 0 saturated carbocycles. The summed E-state index contributed by atoms with van der Waals surface area (Å²) >= 11 is 2.39. The van der Waals surface area contributed by atoms with Gasteiger partial charge in [0.25, 0.3) is 0 Å². The van der Waals surface area contributed by atoms with E-state index in [0.29, 0.717) is 61.6 Å². The zero-order valence-electron chi connectivity index (χ0n) is 25.0. The van der Waals surface area contributed by atoms with Crippen molar-refractivity contribution in [3.05, 3.63) is 52.2 Å². The maximum Gasteiger partial charge on any atom is 0.236 e. The first-order valence-electron chi connectivity index (χ1n) is 13.5.